The molecule has 1 saturated heterocycles. The van der Waals surface area contributed by atoms with E-state index in [-0.39, 0.29) is 6.03 Å². The van der Waals surface area contributed by atoms with E-state index in [1.54, 1.807) is 12.4 Å². The molecule has 1 aliphatic heterocycles. The molecule has 3 heterocycles. The number of nitrogens with one attached hydrogen (secondary N) is 1. The van der Waals surface area contributed by atoms with E-state index in [4.69, 9.17) is 0 Å². The molecule has 2 aromatic rings. The molecule has 0 spiro atoms. The monoisotopic (exact) mass is 328 g/mol. The summed E-state index contributed by atoms with van der Waals surface area (Å²) >= 11 is 0. The van der Waals surface area contributed by atoms with Crippen molar-refractivity contribution < 1.29 is 4.79 Å². The number of hydrogen-bond acceptors (Lipinski definition) is 3. The van der Waals surface area contributed by atoms with Crippen molar-refractivity contribution in [3.63, 3.8) is 0 Å². The Hall–Kier alpha value is -2.31. The fraction of sp³-hybridized carbons (Fsp3) is 0.588. The van der Waals surface area contributed by atoms with Crippen molar-refractivity contribution >= 4 is 11.8 Å². The second-order valence-corrected chi connectivity index (χ2v) is 6.90. The standard InChI is InChI=1S/C17H24N6O/c1-13(14-2-3-14)23-16(4-7-19-23)20-17(24)21-9-5-15(6-10-21)22-11-8-18-12-22/h4,7-8,11-15H,2-3,5-6,9-10H2,1H3,(H,20,24)/t13-/m1/s1. The molecule has 7 heteroatoms. The van der Waals surface area contributed by atoms with Gasteiger partial charge in [0.05, 0.1) is 18.6 Å². The van der Waals surface area contributed by atoms with Crippen LogP contribution in [0.1, 0.15) is 44.7 Å². The predicted molar refractivity (Wildman–Crippen MR) is 90.8 cm³/mol. The van der Waals surface area contributed by atoms with E-state index in [1.807, 2.05) is 28.2 Å². The minimum Gasteiger partial charge on any atom is -0.334 e. The first kappa shape index (κ1) is 15.2. The maximum atomic E-state index is 12.6. The Labute approximate surface area is 141 Å². The molecule has 1 atom stereocenters. The highest BCUT2D eigenvalue weighted by molar-refractivity contribution is 5.88. The number of piperidine rings is 1. The number of carbonyl (C=O) groups excluding carboxylic acids is 1. The molecule has 0 radical (unpaired) electrons. The average molecular weight is 328 g/mol. The molecule has 128 valence electrons. The zero-order valence-electron chi connectivity index (χ0n) is 14.0. The number of imidazole rings is 1. The molecule has 2 aromatic heterocycles. The Morgan fingerprint density at radius 3 is 2.71 bits per heavy atom. The van der Waals surface area contributed by atoms with Crippen molar-refractivity contribution in [1.82, 2.24) is 24.2 Å². The average Bonchev–Trinajstić information content (AvgIpc) is 3.11. The maximum absolute atomic E-state index is 12.6. The zero-order valence-corrected chi connectivity index (χ0v) is 14.0. The molecule has 1 N–H and O–H groups in total. The maximum Gasteiger partial charge on any atom is 0.323 e. The number of carbonyl (C=O) groups is 1. The molecule has 1 aliphatic carbocycles. The highest BCUT2D eigenvalue weighted by Gasteiger charge is 2.31. The molecule has 0 unspecified atom stereocenters. The third kappa shape index (κ3) is 3.02. The van der Waals surface area contributed by atoms with E-state index >= 15 is 0 Å². The SMILES string of the molecule is C[C@H](C1CC1)n1nccc1NC(=O)N1CCC(n2ccnc2)CC1. The molecule has 2 aliphatic rings. The number of anilines is 1. The fourth-order valence-corrected chi connectivity index (χ4v) is 3.56. The smallest absolute Gasteiger partial charge is 0.323 e. The summed E-state index contributed by atoms with van der Waals surface area (Å²) in [6, 6.07) is 2.65. The van der Waals surface area contributed by atoms with Gasteiger partial charge in [-0.1, -0.05) is 0 Å². The lowest BCUT2D eigenvalue weighted by molar-refractivity contribution is 0.183. The zero-order chi connectivity index (χ0) is 16.5. The van der Waals surface area contributed by atoms with Crippen molar-refractivity contribution in [2.24, 2.45) is 5.92 Å². The van der Waals surface area contributed by atoms with Crippen molar-refractivity contribution in [2.75, 3.05) is 18.4 Å². The van der Waals surface area contributed by atoms with Crippen LogP contribution in [0.15, 0.2) is 31.0 Å². The molecular formula is C17H24N6O. The van der Waals surface area contributed by atoms with E-state index in [9.17, 15) is 4.79 Å². The van der Waals surface area contributed by atoms with Crippen molar-refractivity contribution in [3.8, 4) is 0 Å². The Bertz CT molecular complexity index is 682. The second-order valence-electron chi connectivity index (χ2n) is 6.90. The summed E-state index contributed by atoms with van der Waals surface area (Å²) in [5.41, 5.74) is 0. The molecule has 2 fully saturated rings. The normalized spacial score (nSPS) is 20.1. The van der Waals surface area contributed by atoms with Gasteiger partial charge in [0.2, 0.25) is 0 Å². The van der Waals surface area contributed by atoms with Crippen LogP contribution in [0.2, 0.25) is 0 Å². The molecule has 7 nitrogen and oxygen atoms in total. The first-order valence-electron chi connectivity index (χ1n) is 8.79. The molecule has 24 heavy (non-hydrogen) atoms. The van der Waals surface area contributed by atoms with Crippen molar-refractivity contribution in [3.05, 3.63) is 31.0 Å². The van der Waals surface area contributed by atoms with Gasteiger partial charge in [-0.3, -0.25) is 5.32 Å². The van der Waals surface area contributed by atoms with Gasteiger partial charge in [0.25, 0.3) is 0 Å². The molecular weight excluding hydrogens is 304 g/mol. The van der Waals surface area contributed by atoms with Gasteiger partial charge < -0.3 is 9.47 Å². The summed E-state index contributed by atoms with van der Waals surface area (Å²) in [6.07, 6.45) is 11.9. The van der Waals surface area contributed by atoms with Crippen molar-refractivity contribution in [2.45, 2.75) is 44.7 Å². The quantitative estimate of drug-likeness (QED) is 0.938. The highest BCUT2D eigenvalue weighted by Crippen LogP contribution is 2.40. The second kappa shape index (κ2) is 6.30. The van der Waals surface area contributed by atoms with Gasteiger partial charge in [0.15, 0.2) is 0 Å². The predicted octanol–water partition coefficient (Wildman–Crippen LogP) is 2.92. The number of hydrogen-bond donors (Lipinski definition) is 1. The van der Waals surface area contributed by atoms with Crippen molar-refractivity contribution in [1.29, 1.82) is 0 Å². The lowest BCUT2D eigenvalue weighted by Crippen LogP contribution is -2.41. The Kier molecular flexibility index (Phi) is 4.00. The van der Waals surface area contributed by atoms with Crippen LogP contribution in [-0.4, -0.2) is 43.4 Å². The van der Waals surface area contributed by atoms with Gasteiger partial charge in [-0.15, -0.1) is 0 Å². The molecule has 2 amide bonds. The number of nitrogens with zero attached hydrogens (tertiary/aromatic N) is 5. The van der Waals surface area contributed by atoms with E-state index in [0.717, 1.165) is 31.7 Å². The van der Waals surface area contributed by atoms with Crippen LogP contribution >= 0.6 is 0 Å². The number of aromatic nitrogens is 4. The van der Waals surface area contributed by atoms with Gasteiger partial charge in [0.1, 0.15) is 5.82 Å². The van der Waals surface area contributed by atoms with Crippen LogP contribution in [0.25, 0.3) is 0 Å². The highest BCUT2D eigenvalue weighted by atomic mass is 16.2. The van der Waals surface area contributed by atoms with Gasteiger partial charge in [-0.2, -0.15) is 5.10 Å². The molecule has 0 aromatic carbocycles. The molecule has 0 bridgehead atoms. The third-order valence-electron chi connectivity index (χ3n) is 5.29. The van der Waals surface area contributed by atoms with Gasteiger partial charge >= 0.3 is 6.03 Å². The van der Waals surface area contributed by atoms with Crippen LogP contribution in [-0.2, 0) is 0 Å². The Morgan fingerprint density at radius 1 is 1.25 bits per heavy atom. The minimum atomic E-state index is -0.0242. The van der Waals surface area contributed by atoms with Crippen LogP contribution in [0.3, 0.4) is 0 Å². The summed E-state index contributed by atoms with van der Waals surface area (Å²) in [7, 11) is 0. The molecule has 1 saturated carbocycles. The summed E-state index contributed by atoms with van der Waals surface area (Å²) in [6.45, 7) is 3.71. The Balaban J connectivity index is 1.35. The van der Waals surface area contributed by atoms with Crippen LogP contribution < -0.4 is 5.32 Å². The summed E-state index contributed by atoms with van der Waals surface area (Å²) < 4.78 is 4.09. The van der Waals surface area contributed by atoms with Crippen LogP contribution in [0.4, 0.5) is 10.6 Å². The van der Waals surface area contributed by atoms with Crippen LogP contribution in [0.5, 0.6) is 0 Å². The van der Waals surface area contributed by atoms with E-state index in [0.29, 0.717) is 18.0 Å². The minimum absolute atomic E-state index is 0.0242. The number of rotatable bonds is 4. The van der Waals surface area contributed by atoms with Gasteiger partial charge in [0, 0.05) is 37.6 Å². The third-order valence-corrected chi connectivity index (χ3v) is 5.29. The van der Waals surface area contributed by atoms with E-state index in [1.165, 1.54) is 12.8 Å². The lowest BCUT2D eigenvalue weighted by atomic mass is 10.1. The first-order chi connectivity index (χ1) is 11.7. The summed E-state index contributed by atoms with van der Waals surface area (Å²) in [4.78, 5) is 18.6. The van der Waals surface area contributed by atoms with Gasteiger partial charge in [-0.05, 0) is 38.5 Å². The largest absolute Gasteiger partial charge is 0.334 e. The first-order valence-corrected chi connectivity index (χ1v) is 8.79. The van der Waals surface area contributed by atoms with E-state index in [2.05, 4.69) is 26.9 Å². The van der Waals surface area contributed by atoms with Crippen LogP contribution in [0, 0.1) is 5.92 Å². The topological polar surface area (TPSA) is 68.0 Å². The Morgan fingerprint density at radius 2 is 2.04 bits per heavy atom. The summed E-state index contributed by atoms with van der Waals surface area (Å²) in [5, 5.41) is 7.44. The lowest BCUT2D eigenvalue weighted by Gasteiger charge is -2.32. The van der Waals surface area contributed by atoms with E-state index < -0.39 is 0 Å². The number of urea groups is 1. The van der Waals surface area contributed by atoms with Gasteiger partial charge in [-0.25, -0.2) is 14.5 Å². The number of likely N-dealkylation sites (tertiary alicyclic amines) is 1. The molecule has 4 rings (SSSR count). The number of amides is 2. The fourth-order valence-electron chi connectivity index (χ4n) is 3.56. The summed E-state index contributed by atoms with van der Waals surface area (Å²) in [5.74, 6) is 1.50.